The number of nitrogen functional groups attached to an aromatic ring is 1. The monoisotopic (exact) mass is 253 g/mol. The average molecular weight is 253 g/mol. The van der Waals surface area contributed by atoms with Gasteiger partial charge in [0, 0.05) is 11.4 Å². The molecule has 1 aromatic carbocycles. The first-order valence-electron chi connectivity index (χ1n) is 5.70. The zero-order valence-corrected chi connectivity index (χ0v) is 11.1. The van der Waals surface area contributed by atoms with Crippen molar-refractivity contribution in [1.29, 1.82) is 0 Å². The van der Waals surface area contributed by atoms with Crippen molar-refractivity contribution in [3.05, 3.63) is 29.3 Å². The fraction of sp³-hybridized carbons (Fsp3) is 0.462. The summed E-state index contributed by atoms with van der Waals surface area (Å²) in [6.45, 7) is 4.37. The molecule has 0 aliphatic rings. The Kier molecular flexibility index (Phi) is 5.35. The van der Waals surface area contributed by atoms with Crippen LogP contribution in [0.4, 0.5) is 5.69 Å². The van der Waals surface area contributed by atoms with E-state index in [1.807, 2.05) is 6.07 Å². The van der Waals surface area contributed by atoms with E-state index in [1.165, 1.54) is 0 Å². The number of rotatable bonds is 6. The molecule has 0 atom stereocenters. The van der Waals surface area contributed by atoms with Crippen LogP contribution in [0.3, 0.4) is 0 Å². The Morgan fingerprint density at radius 2 is 2.18 bits per heavy atom. The zero-order chi connectivity index (χ0) is 12.8. The molecule has 0 aliphatic heterocycles. The van der Waals surface area contributed by atoms with E-state index in [-0.39, 0.29) is 5.56 Å². The van der Waals surface area contributed by atoms with E-state index in [1.54, 1.807) is 23.9 Å². The highest BCUT2D eigenvalue weighted by Crippen LogP contribution is 2.22. The van der Waals surface area contributed by atoms with Gasteiger partial charge in [-0.1, -0.05) is 26.0 Å². The predicted octanol–water partition coefficient (Wildman–Crippen LogP) is 3.25. The summed E-state index contributed by atoms with van der Waals surface area (Å²) in [5.74, 6) is 1.50. The van der Waals surface area contributed by atoms with Gasteiger partial charge in [0.1, 0.15) is 0 Å². The number of carboxylic acids is 1. The number of benzene rings is 1. The number of hydrogen-bond donors (Lipinski definition) is 2. The standard InChI is InChI=1S/C13H19NO2S/c1-9(2)6-7-17-8-10-4-3-5-11(14)12(10)13(15)16/h3-5,9H,6-8,14H2,1-2H3,(H,15,16). The molecule has 0 bridgehead atoms. The third-order valence-corrected chi connectivity index (χ3v) is 3.53. The Morgan fingerprint density at radius 1 is 1.47 bits per heavy atom. The maximum atomic E-state index is 11.1. The van der Waals surface area contributed by atoms with Crippen LogP contribution >= 0.6 is 11.8 Å². The molecule has 0 saturated heterocycles. The molecular weight excluding hydrogens is 234 g/mol. The number of hydrogen-bond acceptors (Lipinski definition) is 3. The van der Waals surface area contributed by atoms with Crippen LogP contribution in [0.15, 0.2) is 18.2 Å². The Bertz CT molecular complexity index is 391. The Morgan fingerprint density at radius 3 is 2.76 bits per heavy atom. The topological polar surface area (TPSA) is 63.3 Å². The van der Waals surface area contributed by atoms with Crippen LogP contribution in [-0.4, -0.2) is 16.8 Å². The van der Waals surface area contributed by atoms with E-state index in [0.717, 1.165) is 17.7 Å². The van der Waals surface area contributed by atoms with Gasteiger partial charge < -0.3 is 10.8 Å². The lowest BCUT2D eigenvalue weighted by atomic mass is 10.1. The molecule has 3 N–H and O–H groups in total. The molecule has 0 heterocycles. The second-order valence-electron chi connectivity index (χ2n) is 4.42. The van der Waals surface area contributed by atoms with Gasteiger partial charge in [-0.3, -0.25) is 0 Å². The van der Waals surface area contributed by atoms with Gasteiger partial charge in [-0.05, 0) is 29.7 Å². The summed E-state index contributed by atoms with van der Waals surface area (Å²) >= 11 is 1.76. The summed E-state index contributed by atoms with van der Waals surface area (Å²) < 4.78 is 0. The van der Waals surface area contributed by atoms with Gasteiger partial charge in [0.05, 0.1) is 5.56 Å². The van der Waals surface area contributed by atoms with Crippen molar-refractivity contribution in [1.82, 2.24) is 0 Å². The van der Waals surface area contributed by atoms with Crippen molar-refractivity contribution in [2.45, 2.75) is 26.0 Å². The number of nitrogens with two attached hydrogens (primary N) is 1. The van der Waals surface area contributed by atoms with E-state index < -0.39 is 5.97 Å². The summed E-state index contributed by atoms with van der Waals surface area (Å²) in [6.07, 6.45) is 1.15. The van der Waals surface area contributed by atoms with Gasteiger partial charge in [-0.25, -0.2) is 4.79 Å². The molecule has 0 saturated carbocycles. The number of anilines is 1. The van der Waals surface area contributed by atoms with Gasteiger partial charge in [0.2, 0.25) is 0 Å². The first-order chi connectivity index (χ1) is 8.02. The van der Waals surface area contributed by atoms with E-state index in [0.29, 0.717) is 17.4 Å². The van der Waals surface area contributed by atoms with Crippen molar-refractivity contribution < 1.29 is 9.90 Å². The lowest BCUT2D eigenvalue weighted by Crippen LogP contribution is -2.06. The number of aromatic carboxylic acids is 1. The van der Waals surface area contributed by atoms with Gasteiger partial charge in [0.15, 0.2) is 0 Å². The minimum Gasteiger partial charge on any atom is -0.478 e. The van der Waals surface area contributed by atoms with Crippen LogP contribution < -0.4 is 5.73 Å². The van der Waals surface area contributed by atoms with Crippen LogP contribution in [0.2, 0.25) is 0 Å². The molecule has 0 fully saturated rings. The molecule has 0 spiro atoms. The molecule has 1 aromatic rings. The van der Waals surface area contributed by atoms with Crippen LogP contribution in [0, 0.1) is 5.92 Å². The van der Waals surface area contributed by atoms with E-state index >= 15 is 0 Å². The van der Waals surface area contributed by atoms with Gasteiger partial charge in [-0.2, -0.15) is 11.8 Å². The van der Waals surface area contributed by atoms with Gasteiger partial charge in [0.25, 0.3) is 0 Å². The fourth-order valence-corrected chi connectivity index (χ4v) is 2.75. The van der Waals surface area contributed by atoms with Crippen molar-refractivity contribution >= 4 is 23.4 Å². The maximum absolute atomic E-state index is 11.1. The Labute approximate surface area is 106 Å². The third-order valence-electron chi connectivity index (χ3n) is 2.49. The Balaban J connectivity index is 2.64. The van der Waals surface area contributed by atoms with E-state index in [9.17, 15) is 4.79 Å². The molecule has 0 aliphatic carbocycles. The first kappa shape index (κ1) is 13.9. The SMILES string of the molecule is CC(C)CCSCc1cccc(N)c1C(=O)O. The fourth-order valence-electron chi connectivity index (χ4n) is 1.50. The molecule has 0 radical (unpaired) electrons. The second kappa shape index (κ2) is 6.55. The van der Waals surface area contributed by atoms with Crippen molar-refractivity contribution in [2.24, 2.45) is 5.92 Å². The van der Waals surface area contributed by atoms with Crippen LogP contribution in [0.1, 0.15) is 36.2 Å². The molecule has 4 heteroatoms. The lowest BCUT2D eigenvalue weighted by molar-refractivity contribution is 0.0697. The van der Waals surface area contributed by atoms with Crippen LogP contribution in [0.5, 0.6) is 0 Å². The van der Waals surface area contributed by atoms with Crippen LogP contribution in [-0.2, 0) is 5.75 Å². The summed E-state index contributed by atoms with van der Waals surface area (Å²) in [4.78, 5) is 11.1. The first-order valence-corrected chi connectivity index (χ1v) is 6.86. The summed E-state index contributed by atoms with van der Waals surface area (Å²) in [5, 5.41) is 9.10. The smallest absolute Gasteiger partial charge is 0.338 e. The highest BCUT2D eigenvalue weighted by atomic mass is 32.2. The average Bonchev–Trinajstić information content (AvgIpc) is 2.23. The minimum absolute atomic E-state index is 0.254. The quantitative estimate of drug-likeness (QED) is 0.603. The number of carbonyl (C=O) groups is 1. The summed E-state index contributed by atoms with van der Waals surface area (Å²) in [7, 11) is 0. The minimum atomic E-state index is -0.942. The summed E-state index contributed by atoms with van der Waals surface area (Å²) in [5.41, 5.74) is 7.10. The molecule has 0 unspecified atom stereocenters. The number of carboxylic acid groups (broad SMARTS) is 1. The maximum Gasteiger partial charge on any atom is 0.338 e. The normalized spacial score (nSPS) is 10.8. The van der Waals surface area contributed by atoms with Gasteiger partial charge >= 0.3 is 5.97 Å². The third kappa shape index (κ3) is 4.30. The molecule has 0 aromatic heterocycles. The van der Waals surface area contributed by atoms with E-state index in [4.69, 9.17) is 10.8 Å². The van der Waals surface area contributed by atoms with Crippen molar-refractivity contribution in [3.8, 4) is 0 Å². The Hall–Kier alpha value is -1.16. The predicted molar refractivity (Wildman–Crippen MR) is 73.4 cm³/mol. The highest BCUT2D eigenvalue weighted by Gasteiger charge is 2.13. The molecule has 17 heavy (non-hydrogen) atoms. The lowest BCUT2D eigenvalue weighted by Gasteiger charge is -2.09. The molecular formula is C13H19NO2S. The van der Waals surface area contributed by atoms with Crippen LogP contribution in [0.25, 0.3) is 0 Å². The second-order valence-corrected chi connectivity index (χ2v) is 5.53. The molecule has 0 amide bonds. The molecule has 94 valence electrons. The molecule has 3 nitrogen and oxygen atoms in total. The summed E-state index contributed by atoms with van der Waals surface area (Å²) in [6, 6.07) is 5.27. The van der Waals surface area contributed by atoms with Crippen molar-refractivity contribution in [2.75, 3.05) is 11.5 Å². The highest BCUT2D eigenvalue weighted by molar-refractivity contribution is 7.98. The van der Waals surface area contributed by atoms with Gasteiger partial charge in [-0.15, -0.1) is 0 Å². The van der Waals surface area contributed by atoms with E-state index in [2.05, 4.69) is 13.8 Å². The largest absolute Gasteiger partial charge is 0.478 e. The van der Waals surface area contributed by atoms with Crippen molar-refractivity contribution in [3.63, 3.8) is 0 Å². The zero-order valence-electron chi connectivity index (χ0n) is 10.3. The number of thioether (sulfide) groups is 1. The molecule has 1 rings (SSSR count).